The Morgan fingerprint density at radius 1 is 1.04 bits per heavy atom. The first kappa shape index (κ1) is 20.8. The summed E-state index contributed by atoms with van der Waals surface area (Å²) < 4.78 is 20.1. The van der Waals surface area contributed by atoms with Gasteiger partial charge in [0.15, 0.2) is 23.9 Å². The van der Waals surface area contributed by atoms with Crippen LogP contribution in [0.4, 0.5) is 0 Å². The molecule has 0 saturated heterocycles. The molecule has 0 aliphatic heterocycles. The highest BCUT2D eigenvalue weighted by molar-refractivity contribution is 5.91. The minimum atomic E-state index is -0.596. The molecule has 0 aliphatic carbocycles. The van der Waals surface area contributed by atoms with Gasteiger partial charge in [-0.05, 0) is 29.8 Å². The van der Waals surface area contributed by atoms with Gasteiger partial charge in [-0.15, -0.1) is 0 Å². The van der Waals surface area contributed by atoms with E-state index in [9.17, 15) is 14.4 Å². The van der Waals surface area contributed by atoms with Gasteiger partial charge >= 0.3 is 5.97 Å². The Balaban J connectivity index is 1.65. The van der Waals surface area contributed by atoms with E-state index in [4.69, 9.17) is 18.6 Å². The van der Waals surface area contributed by atoms with E-state index in [1.165, 1.54) is 26.5 Å². The van der Waals surface area contributed by atoms with Crippen LogP contribution >= 0.6 is 0 Å². The summed E-state index contributed by atoms with van der Waals surface area (Å²) >= 11 is 0. The van der Waals surface area contributed by atoms with Crippen LogP contribution in [0.25, 0.3) is 0 Å². The molecule has 1 heterocycles. The van der Waals surface area contributed by atoms with Gasteiger partial charge in [0, 0.05) is 13.1 Å². The lowest BCUT2D eigenvalue weighted by atomic mass is 10.2. The first-order valence-corrected chi connectivity index (χ1v) is 8.48. The first-order chi connectivity index (χ1) is 13.5. The fourth-order valence-electron chi connectivity index (χ4n) is 2.23. The molecule has 150 valence electrons. The summed E-state index contributed by atoms with van der Waals surface area (Å²) in [6.07, 6.45) is 1.32. The average Bonchev–Trinajstić information content (AvgIpc) is 3.25. The third kappa shape index (κ3) is 6.35. The Morgan fingerprint density at radius 2 is 1.82 bits per heavy atom. The fourth-order valence-corrected chi connectivity index (χ4v) is 2.23. The first-order valence-electron chi connectivity index (χ1n) is 8.48. The highest BCUT2D eigenvalue weighted by Gasteiger charge is 2.11. The van der Waals surface area contributed by atoms with E-state index < -0.39 is 24.4 Å². The Bertz CT molecular complexity index is 803. The van der Waals surface area contributed by atoms with Gasteiger partial charge in [0.2, 0.25) is 0 Å². The Morgan fingerprint density at radius 3 is 2.50 bits per heavy atom. The minimum Gasteiger partial charge on any atom is -0.493 e. The van der Waals surface area contributed by atoms with Gasteiger partial charge in [0.25, 0.3) is 11.8 Å². The summed E-state index contributed by atoms with van der Waals surface area (Å²) in [6.45, 7) is -0.0835. The summed E-state index contributed by atoms with van der Waals surface area (Å²) in [5.74, 6) is -0.167. The Labute approximate surface area is 161 Å². The number of rotatable bonds is 10. The van der Waals surface area contributed by atoms with Gasteiger partial charge in [0.1, 0.15) is 0 Å². The zero-order chi connectivity index (χ0) is 20.4. The van der Waals surface area contributed by atoms with Gasteiger partial charge in [-0.2, -0.15) is 0 Å². The molecule has 1 aromatic heterocycles. The predicted octanol–water partition coefficient (Wildman–Crippen LogP) is 1.28. The molecule has 0 atom stereocenters. The van der Waals surface area contributed by atoms with Crippen LogP contribution in [0.2, 0.25) is 0 Å². The summed E-state index contributed by atoms with van der Waals surface area (Å²) in [5.41, 5.74) is 0.804. The van der Waals surface area contributed by atoms with Gasteiger partial charge in [0.05, 0.1) is 26.9 Å². The number of ether oxygens (including phenoxy) is 3. The van der Waals surface area contributed by atoms with Crippen LogP contribution in [0.1, 0.15) is 22.5 Å². The number of hydrogen-bond acceptors (Lipinski definition) is 7. The van der Waals surface area contributed by atoms with Crippen molar-refractivity contribution in [1.82, 2.24) is 10.6 Å². The molecule has 2 rings (SSSR count). The lowest BCUT2D eigenvalue weighted by molar-refractivity contribution is -0.148. The number of methoxy groups -OCH3 is 2. The van der Waals surface area contributed by atoms with Crippen LogP contribution in [-0.2, 0) is 20.9 Å². The summed E-state index contributed by atoms with van der Waals surface area (Å²) in [6, 6.07) is 8.36. The highest BCUT2D eigenvalue weighted by Crippen LogP contribution is 2.27. The average molecular weight is 390 g/mol. The number of amides is 2. The maximum Gasteiger partial charge on any atom is 0.308 e. The molecular formula is C19H22N2O7. The largest absolute Gasteiger partial charge is 0.493 e. The molecule has 2 aromatic rings. The summed E-state index contributed by atoms with van der Waals surface area (Å²) in [4.78, 5) is 35.1. The highest BCUT2D eigenvalue weighted by atomic mass is 16.5. The van der Waals surface area contributed by atoms with Crippen molar-refractivity contribution in [2.24, 2.45) is 0 Å². The molecule has 1 aromatic carbocycles. The van der Waals surface area contributed by atoms with Gasteiger partial charge in [-0.1, -0.05) is 6.07 Å². The lowest BCUT2D eigenvalue weighted by Gasteiger charge is -2.10. The molecular weight excluding hydrogens is 368 g/mol. The molecule has 9 heteroatoms. The van der Waals surface area contributed by atoms with E-state index in [0.717, 1.165) is 5.56 Å². The monoisotopic (exact) mass is 390 g/mol. The molecule has 0 fully saturated rings. The van der Waals surface area contributed by atoms with E-state index in [1.54, 1.807) is 24.3 Å². The smallest absolute Gasteiger partial charge is 0.308 e. The molecule has 0 saturated carbocycles. The third-order valence-corrected chi connectivity index (χ3v) is 3.66. The SMILES string of the molecule is COc1ccc(CNC(=O)COC(=O)CCNC(=O)c2ccco2)cc1OC. The molecule has 0 aliphatic rings. The van der Waals surface area contributed by atoms with Crippen LogP contribution in [0.15, 0.2) is 41.0 Å². The van der Waals surface area contributed by atoms with Crippen molar-refractivity contribution in [1.29, 1.82) is 0 Å². The van der Waals surface area contributed by atoms with E-state index in [0.29, 0.717) is 11.5 Å². The fraction of sp³-hybridized carbons (Fsp3) is 0.316. The van der Waals surface area contributed by atoms with Crippen molar-refractivity contribution >= 4 is 17.8 Å². The van der Waals surface area contributed by atoms with Crippen molar-refractivity contribution in [3.63, 3.8) is 0 Å². The predicted molar refractivity (Wildman–Crippen MR) is 98.0 cm³/mol. The van der Waals surface area contributed by atoms with Crippen molar-refractivity contribution < 1.29 is 33.0 Å². The number of esters is 1. The number of nitrogens with one attached hydrogen (secondary N) is 2. The summed E-state index contributed by atoms with van der Waals surface area (Å²) in [7, 11) is 3.06. The minimum absolute atomic E-state index is 0.0601. The quantitative estimate of drug-likeness (QED) is 0.587. The van der Waals surface area contributed by atoms with Crippen LogP contribution in [0, 0.1) is 0 Å². The van der Waals surface area contributed by atoms with Crippen LogP contribution < -0.4 is 20.1 Å². The molecule has 0 radical (unpaired) electrons. The van der Waals surface area contributed by atoms with E-state index in [1.807, 2.05) is 0 Å². The number of hydrogen-bond donors (Lipinski definition) is 2. The lowest BCUT2D eigenvalue weighted by Crippen LogP contribution is -2.30. The second-order valence-corrected chi connectivity index (χ2v) is 5.61. The number of benzene rings is 1. The molecule has 0 unspecified atom stereocenters. The Hall–Kier alpha value is -3.49. The van der Waals surface area contributed by atoms with Crippen molar-refractivity contribution in [3.8, 4) is 11.5 Å². The number of furan rings is 1. The van der Waals surface area contributed by atoms with Crippen LogP contribution in [-0.4, -0.2) is 45.2 Å². The second kappa shape index (κ2) is 10.6. The van der Waals surface area contributed by atoms with E-state index in [-0.39, 0.29) is 25.3 Å². The maximum atomic E-state index is 11.8. The van der Waals surface area contributed by atoms with Gasteiger partial charge < -0.3 is 29.3 Å². The molecule has 0 bridgehead atoms. The number of carbonyl (C=O) groups excluding carboxylic acids is 3. The summed E-state index contributed by atoms with van der Waals surface area (Å²) in [5, 5.41) is 5.16. The van der Waals surface area contributed by atoms with Crippen molar-refractivity contribution in [2.45, 2.75) is 13.0 Å². The van der Waals surface area contributed by atoms with Crippen molar-refractivity contribution in [3.05, 3.63) is 47.9 Å². The number of carbonyl (C=O) groups is 3. The second-order valence-electron chi connectivity index (χ2n) is 5.61. The topological polar surface area (TPSA) is 116 Å². The normalized spacial score (nSPS) is 10.1. The van der Waals surface area contributed by atoms with Gasteiger partial charge in [-0.3, -0.25) is 14.4 Å². The zero-order valence-corrected chi connectivity index (χ0v) is 15.7. The Kier molecular flexibility index (Phi) is 7.89. The maximum absolute atomic E-state index is 11.8. The standard InChI is InChI=1S/C19H22N2O7/c1-25-14-6-5-13(10-16(14)26-2)11-21-17(22)12-28-18(23)7-8-20-19(24)15-4-3-9-27-15/h3-6,9-10H,7-8,11-12H2,1-2H3,(H,20,24)(H,21,22). The van der Waals surface area contributed by atoms with E-state index in [2.05, 4.69) is 10.6 Å². The van der Waals surface area contributed by atoms with Crippen molar-refractivity contribution in [2.75, 3.05) is 27.4 Å². The third-order valence-electron chi connectivity index (χ3n) is 3.66. The van der Waals surface area contributed by atoms with Gasteiger partial charge in [-0.25, -0.2) is 0 Å². The van der Waals surface area contributed by atoms with Crippen LogP contribution in [0.5, 0.6) is 11.5 Å². The van der Waals surface area contributed by atoms with Crippen LogP contribution in [0.3, 0.4) is 0 Å². The zero-order valence-electron chi connectivity index (χ0n) is 15.7. The molecule has 0 spiro atoms. The molecule has 2 amide bonds. The van der Waals surface area contributed by atoms with E-state index >= 15 is 0 Å². The molecule has 28 heavy (non-hydrogen) atoms. The molecule has 9 nitrogen and oxygen atoms in total. The molecule has 2 N–H and O–H groups in total.